The number of rotatable bonds is 6. The van der Waals surface area contributed by atoms with Gasteiger partial charge in [0.05, 0.1) is 0 Å². The van der Waals surface area contributed by atoms with E-state index in [0.29, 0.717) is 0 Å². The Hall–Kier alpha value is -4.68. The molecule has 0 heteroatoms. The lowest BCUT2D eigenvalue weighted by Crippen LogP contribution is -1.94. The second-order valence-electron chi connectivity index (χ2n) is 10.9. The highest BCUT2D eigenvalue weighted by Gasteiger charge is 2.10. The molecule has 0 atom stereocenters. The standard InChI is InChI=1S/C40H34/c1-28-10-14-32(15-11-28)38-22-23-39(40(27-38)35-16-12-29(2)13-17-35)26-31-7-5-9-37(25-31)34-20-18-33(19-21-34)36-8-4-6-30(3)24-36/h4-25,27H,26H2,1-3H3. The van der Waals surface area contributed by atoms with Gasteiger partial charge in [0, 0.05) is 0 Å². The van der Waals surface area contributed by atoms with Gasteiger partial charge in [-0.1, -0.05) is 150 Å². The summed E-state index contributed by atoms with van der Waals surface area (Å²) >= 11 is 0. The van der Waals surface area contributed by atoms with E-state index in [1.54, 1.807) is 0 Å². The topological polar surface area (TPSA) is 0 Å². The molecule has 194 valence electrons. The summed E-state index contributed by atoms with van der Waals surface area (Å²) in [5.41, 5.74) is 16.6. The monoisotopic (exact) mass is 514 g/mol. The molecule has 0 nitrogen and oxygen atoms in total. The van der Waals surface area contributed by atoms with E-state index in [1.807, 2.05) is 0 Å². The summed E-state index contributed by atoms with van der Waals surface area (Å²) in [5.74, 6) is 0. The molecule has 0 bridgehead atoms. The zero-order valence-electron chi connectivity index (χ0n) is 23.5. The van der Waals surface area contributed by atoms with E-state index in [4.69, 9.17) is 0 Å². The van der Waals surface area contributed by atoms with Crippen LogP contribution in [0.15, 0.2) is 140 Å². The molecule has 6 rings (SSSR count). The third-order valence-corrected chi connectivity index (χ3v) is 7.75. The Morgan fingerprint density at radius 1 is 0.350 bits per heavy atom. The van der Waals surface area contributed by atoms with Crippen molar-refractivity contribution < 1.29 is 0 Å². The number of benzene rings is 6. The number of hydrogen-bond donors (Lipinski definition) is 0. The molecule has 0 heterocycles. The SMILES string of the molecule is Cc1ccc(-c2ccc(Cc3cccc(-c4ccc(-c5cccc(C)c5)cc4)c3)c(-c3ccc(C)cc3)c2)cc1. The van der Waals surface area contributed by atoms with Crippen LogP contribution in [0.4, 0.5) is 0 Å². The van der Waals surface area contributed by atoms with Gasteiger partial charge in [0.15, 0.2) is 0 Å². The molecular weight excluding hydrogens is 480 g/mol. The van der Waals surface area contributed by atoms with E-state index in [1.165, 1.54) is 72.3 Å². The molecule has 40 heavy (non-hydrogen) atoms. The first-order chi connectivity index (χ1) is 19.5. The first kappa shape index (κ1) is 25.6. The maximum Gasteiger partial charge on any atom is -0.00194 e. The van der Waals surface area contributed by atoms with Gasteiger partial charge in [-0.3, -0.25) is 0 Å². The molecular formula is C40H34. The van der Waals surface area contributed by atoms with Crippen LogP contribution >= 0.6 is 0 Å². The normalized spacial score (nSPS) is 11.0. The molecule has 0 radical (unpaired) electrons. The molecule has 0 aliphatic heterocycles. The zero-order chi connectivity index (χ0) is 27.5. The molecule has 6 aromatic rings. The van der Waals surface area contributed by atoms with Crippen LogP contribution in [-0.2, 0) is 6.42 Å². The molecule has 0 fully saturated rings. The maximum atomic E-state index is 2.36. The first-order valence-electron chi connectivity index (χ1n) is 14.1. The second kappa shape index (κ2) is 11.2. The van der Waals surface area contributed by atoms with Crippen LogP contribution in [0.2, 0.25) is 0 Å². The third-order valence-electron chi connectivity index (χ3n) is 7.75. The molecule has 0 aliphatic rings. The molecule has 0 aliphatic carbocycles. The average molecular weight is 515 g/mol. The Kier molecular flexibility index (Phi) is 7.17. The van der Waals surface area contributed by atoms with E-state index in [0.717, 1.165) is 6.42 Å². The fourth-order valence-corrected chi connectivity index (χ4v) is 5.42. The van der Waals surface area contributed by atoms with Gasteiger partial charge in [-0.2, -0.15) is 0 Å². The third kappa shape index (κ3) is 5.67. The molecule has 0 N–H and O–H groups in total. The largest absolute Gasteiger partial charge is 0.0614 e. The van der Waals surface area contributed by atoms with Crippen molar-refractivity contribution in [1.29, 1.82) is 0 Å². The molecule has 6 aromatic carbocycles. The molecule has 0 saturated carbocycles. The quantitative estimate of drug-likeness (QED) is 0.207. The summed E-state index contributed by atoms with van der Waals surface area (Å²) in [7, 11) is 0. The molecule has 0 unspecified atom stereocenters. The van der Waals surface area contributed by atoms with Gasteiger partial charge in [0.2, 0.25) is 0 Å². The van der Waals surface area contributed by atoms with Gasteiger partial charge in [-0.15, -0.1) is 0 Å². The van der Waals surface area contributed by atoms with E-state index in [9.17, 15) is 0 Å². The average Bonchev–Trinajstić information content (AvgIpc) is 2.99. The van der Waals surface area contributed by atoms with Crippen LogP contribution in [0.5, 0.6) is 0 Å². The minimum atomic E-state index is 0.882. The lowest BCUT2D eigenvalue weighted by Gasteiger charge is -2.14. The van der Waals surface area contributed by atoms with Crippen molar-refractivity contribution in [2.75, 3.05) is 0 Å². The fraction of sp³-hybridized carbons (Fsp3) is 0.100. The van der Waals surface area contributed by atoms with Gasteiger partial charge in [-0.25, -0.2) is 0 Å². The van der Waals surface area contributed by atoms with Gasteiger partial charge in [-0.05, 0) is 88.9 Å². The summed E-state index contributed by atoms with van der Waals surface area (Å²) in [4.78, 5) is 0. The minimum absolute atomic E-state index is 0.882. The highest BCUT2D eigenvalue weighted by atomic mass is 14.1. The van der Waals surface area contributed by atoms with E-state index in [2.05, 4.69) is 160 Å². The van der Waals surface area contributed by atoms with Gasteiger partial charge < -0.3 is 0 Å². The van der Waals surface area contributed by atoms with Gasteiger partial charge in [0.1, 0.15) is 0 Å². The van der Waals surface area contributed by atoms with Crippen molar-refractivity contribution in [2.45, 2.75) is 27.2 Å². The van der Waals surface area contributed by atoms with E-state index in [-0.39, 0.29) is 0 Å². The lowest BCUT2D eigenvalue weighted by atomic mass is 9.90. The Morgan fingerprint density at radius 3 is 1.43 bits per heavy atom. The van der Waals surface area contributed by atoms with Crippen molar-refractivity contribution in [2.24, 2.45) is 0 Å². The zero-order valence-corrected chi connectivity index (χ0v) is 23.5. The first-order valence-corrected chi connectivity index (χ1v) is 14.1. The highest BCUT2D eigenvalue weighted by Crippen LogP contribution is 2.33. The van der Waals surface area contributed by atoms with Crippen molar-refractivity contribution >= 4 is 0 Å². The summed E-state index contributed by atoms with van der Waals surface area (Å²) in [6.45, 7) is 6.42. The van der Waals surface area contributed by atoms with Crippen LogP contribution in [-0.4, -0.2) is 0 Å². The van der Waals surface area contributed by atoms with Gasteiger partial charge >= 0.3 is 0 Å². The molecule has 0 aromatic heterocycles. The van der Waals surface area contributed by atoms with Crippen molar-refractivity contribution in [3.8, 4) is 44.5 Å². The van der Waals surface area contributed by atoms with Crippen LogP contribution in [0.25, 0.3) is 44.5 Å². The second-order valence-corrected chi connectivity index (χ2v) is 10.9. The van der Waals surface area contributed by atoms with Crippen LogP contribution < -0.4 is 0 Å². The molecule has 0 amide bonds. The summed E-state index contributed by atoms with van der Waals surface area (Å²) in [6, 6.07) is 51.3. The Morgan fingerprint density at radius 2 is 0.825 bits per heavy atom. The summed E-state index contributed by atoms with van der Waals surface area (Å²) in [5, 5.41) is 0. The summed E-state index contributed by atoms with van der Waals surface area (Å²) in [6.07, 6.45) is 0.882. The van der Waals surface area contributed by atoms with E-state index < -0.39 is 0 Å². The smallest absolute Gasteiger partial charge is 0.00194 e. The molecule has 0 spiro atoms. The summed E-state index contributed by atoms with van der Waals surface area (Å²) < 4.78 is 0. The van der Waals surface area contributed by atoms with Crippen LogP contribution in [0.1, 0.15) is 27.8 Å². The van der Waals surface area contributed by atoms with Crippen LogP contribution in [0, 0.1) is 20.8 Å². The predicted octanol–water partition coefficient (Wildman–Crippen LogP) is 10.9. The van der Waals surface area contributed by atoms with Crippen LogP contribution in [0.3, 0.4) is 0 Å². The lowest BCUT2D eigenvalue weighted by molar-refractivity contribution is 1.20. The number of hydrogen-bond acceptors (Lipinski definition) is 0. The number of aryl methyl sites for hydroxylation is 3. The molecule has 0 saturated heterocycles. The van der Waals surface area contributed by atoms with Gasteiger partial charge in [0.25, 0.3) is 0 Å². The highest BCUT2D eigenvalue weighted by molar-refractivity contribution is 5.77. The Labute approximate surface area is 238 Å². The maximum absolute atomic E-state index is 2.36. The van der Waals surface area contributed by atoms with Crippen molar-refractivity contribution in [1.82, 2.24) is 0 Å². The van der Waals surface area contributed by atoms with E-state index >= 15 is 0 Å². The predicted molar refractivity (Wildman–Crippen MR) is 172 cm³/mol. The van der Waals surface area contributed by atoms with Crippen molar-refractivity contribution in [3.05, 3.63) is 167 Å². The Bertz CT molecular complexity index is 1750. The minimum Gasteiger partial charge on any atom is -0.0614 e. The Balaban J connectivity index is 1.32. The van der Waals surface area contributed by atoms with Crippen molar-refractivity contribution in [3.63, 3.8) is 0 Å². The fourth-order valence-electron chi connectivity index (χ4n) is 5.42.